The first kappa shape index (κ1) is 15.2. The van der Waals surface area contributed by atoms with Gasteiger partial charge in [-0.2, -0.15) is 0 Å². The number of sulfonamides is 1. The van der Waals surface area contributed by atoms with E-state index in [-0.39, 0.29) is 10.8 Å². The summed E-state index contributed by atoms with van der Waals surface area (Å²) in [5.74, 6) is 1.40. The highest BCUT2D eigenvalue weighted by Crippen LogP contribution is 2.23. The summed E-state index contributed by atoms with van der Waals surface area (Å²) in [5, 5.41) is 11.8. The first-order chi connectivity index (χ1) is 9.40. The summed E-state index contributed by atoms with van der Waals surface area (Å²) in [6.07, 6.45) is -0.441. The van der Waals surface area contributed by atoms with Gasteiger partial charge in [0.1, 0.15) is 15.7 Å². The lowest BCUT2D eigenvalue weighted by Crippen LogP contribution is -2.25. The summed E-state index contributed by atoms with van der Waals surface area (Å²) in [4.78, 5) is 0. The van der Waals surface area contributed by atoms with E-state index in [0.717, 1.165) is 17.1 Å². The average Bonchev–Trinajstić information content (AvgIpc) is 2.98. The Balaban J connectivity index is 1.92. The largest absolute Gasteiger partial charge is 0.466 e. The summed E-state index contributed by atoms with van der Waals surface area (Å²) in [5.41, 5.74) is 0.706. The molecule has 0 amide bonds. The second-order valence-electron chi connectivity index (χ2n) is 4.50. The Bertz CT molecular complexity index is 659. The fraction of sp³-hybridized carbons (Fsp3) is 0.385. The van der Waals surface area contributed by atoms with E-state index in [9.17, 15) is 13.5 Å². The van der Waals surface area contributed by atoms with Crippen LogP contribution in [0, 0.1) is 13.8 Å². The van der Waals surface area contributed by atoms with Crippen molar-refractivity contribution in [3.63, 3.8) is 0 Å². The van der Waals surface area contributed by atoms with Gasteiger partial charge in [-0.05, 0) is 37.8 Å². The van der Waals surface area contributed by atoms with Gasteiger partial charge in [-0.15, -0.1) is 11.3 Å². The van der Waals surface area contributed by atoms with Crippen molar-refractivity contribution >= 4 is 21.4 Å². The van der Waals surface area contributed by atoms with Crippen molar-refractivity contribution in [2.75, 3.05) is 6.54 Å². The molecule has 1 atom stereocenters. The van der Waals surface area contributed by atoms with E-state index in [2.05, 4.69) is 4.72 Å². The van der Waals surface area contributed by atoms with E-state index >= 15 is 0 Å². The Morgan fingerprint density at radius 3 is 2.75 bits per heavy atom. The molecule has 0 radical (unpaired) electrons. The zero-order chi connectivity index (χ0) is 14.8. The lowest BCUT2D eigenvalue weighted by Gasteiger charge is -2.10. The number of rotatable bonds is 6. The van der Waals surface area contributed by atoms with Crippen LogP contribution < -0.4 is 4.72 Å². The van der Waals surface area contributed by atoms with Gasteiger partial charge in [0.15, 0.2) is 0 Å². The van der Waals surface area contributed by atoms with Crippen molar-refractivity contribution in [3.8, 4) is 0 Å². The molecule has 20 heavy (non-hydrogen) atoms. The van der Waals surface area contributed by atoms with E-state index in [1.165, 1.54) is 0 Å². The van der Waals surface area contributed by atoms with Gasteiger partial charge >= 0.3 is 0 Å². The molecule has 0 aliphatic carbocycles. The number of aliphatic hydroxyl groups is 1. The van der Waals surface area contributed by atoms with Crippen LogP contribution in [0.15, 0.2) is 32.2 Å². The third-order valence-electron chi connectivity index (χ3n) is 2.91. The number of aliphatic hydroxyl groups excluding tert-OH is 1. The number of furan rings is 1. The number of hydrogen-bond acceptors (Lipinski definition) is 5. The zero-order valence-corrected chi connectivity index (χ0v) is 12.9. The molecule has 0 aromatic carbocycles. The maximum atomic E-state index is 11.9. The smallest absolute Gasteiger partial charge is 0.250 e. The Morgan fingerprint density at radius 1 is 1.45 bits per heavy atom. The molecule has 0 fully saturated rings. The van der Waals surface area contributed by atoms with Crippen LogP contribution in [0.25, 0.3) is 0 Å². The molecule has 0 aliphatic heterocycles. The zero-order valence-electron chi connectivity index (χ0n) is 11.3. The fourth-order valence-electron chi connectivity index (χ4n) is 1.95. The standard InChI is InChI=1S/C13H17NO4S2/c1-9-8-11(10(2)18-9)12(15)5-6-14-20(16,17)13-4-3-7-19-13/h3-4,7-8,12,14-15H,5-6H2,1-2H3. The molecule has 2 aromatic heterocycles. The topological polar surface area (TPSA) is 79.5 Å². The molecule has 0 saturated carbocycles. The third kappa shape index (κ3) is 3.49. The van der Waals surface area contributed by atoms with Gasteiger partial charge in [-0.25, -0.2) is 13.1 Å². The maximum absolute atomic E-state index is 11.9. The summed E-state index contributed by atoms with van der Waals surface area (Å²) in [6, 6.07) is 5.01. The van der Waals surface area contributed by atoms with Gasteiger partial charge in [0, 0.05) is 12.1 Å². The van der Waals surface area contributed by atoms with E-state index < -0.39 is 16.1 Å². The Kier molecular flexibility index (Phi) is 4.64. The van der Waals surface area contributed by atoms with Crippen molar-refractivity contribution in [1.29, 1.82) is 0 Å². The Labute approximate surface area is 122 Å². The van der Waals surface area contributed by atoms with Crippen LogP contribution in [-0.4, -0.2) is 20.1 Å². The minimum atomic E-state index is -3.47. The van der Waals surface area contributed by atoms with Crippen molar-refractivity contribution in [2.45, 2.75) is 30.6 Å². The second kappa shape index (κ2) is 6.09. The molecule has 2 aromatic rings. The molecule has 0 spiro atoms. The van der Waals surface area contributed by atoms with Crippen LogP contribution in [0.1, 0.15) is 29.6 Å². The predicted octanol–water partition coefficient (Wildman–Crippen LogP) is 2.36. The second-order valence-corrected chi connectivity index (χ2v) is 7.44. The van der Waals surface area contributed by atoms with Crippen LogP contribution in [0.4, 0.5) is 0 Å². The molecule has 0 aliphatic rings. The van der Waals surface area contributed by atoms with Crippen molar-refractivity contribution in [2.24, 2.45) is 0 Å². The minimum Gasteiger partial charge on any atom is -0.466 e. The summed E-state index contributed by atoms with van der Waals surface area (Å²) in [6.45, 7) is 3.76. The van der Waals surface area contributed by atoms with Crippen molar-refractivity contribution in [1.82, 2.24) is 4.72 Å². The van der Waals surface area contributed by atoms with Gasteiger partial charge in [0.2, 0.25) is 10.0 Å². The van der Waals surface area contributed by atoms with Gasteiger partial charge in [-0.3, -0.25) is 0 Å². The van der Waals surface area contributed by atoms with Crippen LogP contribution in [0.3, 0.4) is 0 Å². The van der Waals surface area contributed by atoms with Crippen LogP contribution in [-0.2, 0) is 10.0 Å². The normalized spacial score (nSPS) is 13.6. The Hall–Kier alpha value is -1.15. The Morgan fingerprint density at radius 2 is 2.20 bits per heavy atom. The monoisotopic (exact) mass is 315 g/mol. The lowest BCUT2D eigenvalue weighted by atomic mass is 10.1. The SMILES string of the molecule is Cc1cc(C(O)CCNS(=O)(=O)c2cccs2)c(C)o1. The molecular formula is C13H17NO4S2. The minimum absolute atomic E-state index is 0.172. The lowest BCUT2D eigenvalue weighted by molar-refractivity contribution is 0.167. The first-order valence-electron chi connectivity index (χ1n) is 6.18. The van der Waals surface area contributed by atoms with Crippen LogP contribution in [0.5, 0.6) is 0 Å². The summed E-state index contributed by atoms with van der Waals surface area (Å²) in [7, 11) is -3.47. The number of thiophene rings is 1. The molecule has 0 bridgehead atoms. The van der Waals surface area contributed by atoms with Crippen molar-refractivity contribution < 1.29 is 17.9 Å². The molecule has 7 heteroatoms. The highest BCUT2D eigenvalue weighted by molar-refractivity contribution is 7.91. The van der Waals surface area contributed by atoms with Crippen LogP contribution >= 0.6 is 11.3 Å². The number of aryl methyl sites for hydroxylation is 2. The summed E-state index contributed by atoms with van der Waals surface area (Å²) >= 11 is 1.16. The van der Waals surface area contributed by atoms with Crippen molar-refractivity contribution in [3.05, 3.63) is 40.7 Å². The molecular weight excluding hydrogens is 298 g/mol. The van der Waals surface area contributed by atoms with Gasteiger partial charge in [0.25, 0.3) is 0 Å². The van der Waals surface area contributed by atoms with Crippen LogP contribution in [0.2, 0.25) is 0 Å². The first-order valence-corrected chi connectivity index (χ1v) is 8.54. The molecule has 2 N–H and O–H groups in total. The van der Waals surface area contributed by atoms with Gasteiger partial charge in [0.05, 0.1) is 6.10 Å². The molecule has 1 unspecified atom stereocenters. The van der Waals surface area contributed by atoms with Gasteiger partial charge < -0.3 is 9.52 Å². The number of nitrogens with one attached hydrogen (secondary N) is 1. The van der Waals surface area contributed by atoms with Gasteiger partial charge in [-0.1, -0.05) is 6.07 Å². The maximum Gasteiger partial charge on any atom is 0.250 e. The predicted molar refractivity (Wildman–Crippen MR) is 77.3 cm³/mol. The molecule has 2 rings (SSSR count). The highest BCUT2D eigenvalue weighted by atomic mass is 32.2. The number of hydrogen-bond donors (Lipinski definition) is 2. The van der Waals surface area contributed by atoms with E-state index in [0.29, 0.717) is 17.7 Å². The fourth-order valence-corrected chi connectivity index (χ4v) is 4.04. The summed E-state index contributed by atoms with van der Waals surface area (Å²) < 4.78 is 31.9. The van der Waals surface area contributed by atoms with E-state index in [1.54, 1.807) is 30.5 Å². The van der Waals surface area contributed by atoms with E-state index in [1.807, 2.05) is 6.92 Å². The molecule has 110 valence electrons. The molecule has 0 saturated heterocycles. The average molecular weight is 315 g/mol. The quantitative estimate of drug-likeness (QED) is 0.857. The van der Waals surface area contributed by atoms with E-state index in [4.69, 9.17) is 4.42 Å². The molecule has 5 nitrogen and oxygen atoms in total. The highest BCUT2D eigenvalue weighted by Gasteiger charge is 2.17. The third-order valence-corrected chi connectivity index (χ3v) is 5.77. The molecule has 2 heterocycles.